The van der Waals surface area contributed by atoms with Gasteiger partial charge in [-0.15, -0.1) is 0 Å². The monoisotopic (exact) mass is 333 g/mol. The highest BCUT2D eigenvalue weighted by molar-refractivity contribution is 9.09. The second-order valence-electron chi connectivity index (χ2n) is 4.57. The molecule has 0 saturated carbocycles. The lowest BCUT2D eigenvalue weighted by molar-refractivity contribution is 0.0952. The average molecular weight is 334 g/mol. The third kappa shape index (κ3) is 3.63. The summed E-state index contributed by atoms with van der Waals surface area (Å²) in [5.74, 6) is -0.124. The summed E-state index contributed by atoms with van der Waals surface area (Å²) in [5.41, 5.74) is 3.08. The second-order valence-corrected chi connectivity index (χ2v) is 5.68. The molecule has 2 rings (SSSR count). The summed E-state index contributed by atoms with van der Waals surface area (Å²) >= 11 is 3.58. The van der Waals surface area contributed by atoms with E-state index in [0.29, 0.717) is 17.8 Å². The number of hydrogen-bond acceptors (Lipinski definition) is 3. The summed E-state index contributed by atoms with van der Waals surface area (Å²) in [6.07, 6.45) is 0. The van der Waals surface area contributed by atoms with Gasteiger partial charge in [-0.05, 0) is 25.5 Å². The van der Waals surface area contributed by atoms with Crippen LogP contribution in [0.3, 0.4) is 0 Å². The quantitative estimate of drug-likeness (QED) is 0.875. The third-order valence-electron chi connectivity index (χ3n) is 2.95. The van der Waals surface area contributed by atoms with Crippen LogP contribution in [0.2, 0.25) is 0 Å². The molecule has 1 N–H and O–H groups in total. The Kier molecular flexibility index (Phi) is 4.84. The lowest BCUT2D eigenvalue weighted by Gasteiger charge is -2.12. The van der Waals surface area contributed by atoms with Crippen LogP contribution in [0, 0.1) is 13.8 Å². The fourth-order valence-corrected chi connectivity index (χ4v) is 2.30. The van der Waals surface area contributed by atoms with E-state index in [1.807, 2.05) is 37.3 Å². The molecule has 0 saturated heterocycles. The van der Waals surface area contributed by atoms with E-state index in [4.69, 9.17) is 0 Å². The first kappa shape index (κ1) is 14.7. The molecule has 0 bridgehead atoms. The number of aromatic nitrogens is 2. The fraction of sp³-hybridized carbons (Fsp3) is 0.267. The molecule has 1 aromatic carbocycles. The molecule has 1 aromatic heterocycles. The predicted octanol–water partition coefficient (Wildman–Crippen LogP) is 2.96. The van der Waals surface area contributed by atoms with Crippen molar-refractivity contribution in [1.82, 2.24) is 15.5 Å². The van der Waals surface area contributed by atoms with Gasteiger partial charge < -0.3 is 5.32 Å². The Morgan fingerprint density at radius 2 is 1.95 bits per heavy atom. The van der Waals surface area contributed by atoms with E-state index in [2.05, 4.69) is 31.4 Å². The van der Waals surface area contributed by atoms with Gasteiger partial charge in [0, 0.05) is 6.54 Å². The van der Waals surface area contributed by atoms with Crippen molar-refractivity contribution in [2.45, 2.75) is 18.7 Å². The largest absolute Gasteiger partial charge is 0.351 e. The van der Waals surface area contributed by atoms with Crippen molar-refractivity contribution in [2.24, 2.45) is 0 Å². The summed E-state index contributed by atoms with van der Waals surface area (Å²) in [7, 11) is 0. The van der Waals surface area contributed by atoms with Gasteiger partial charge in [0.05, 0.1) is 21.8 Å². The summed E-state index contributed by atoms with van der Waals surface area (Å²) < 4.78 is 0. The van der Waals surface area contributed by atoms with Crippen LogP contribution in [0.25, 0.3) is 0 Å². The lowest BCUT2D eigenvalue weighted by atomic mass is 10.1. The molecule has 0 aliphatic heterocycles. The molecule has 4 nitrogen and oxygen atoms in total. The molecule has 2 aromatic rings. The molecule has 0 aliphatic carbocycles. The number of aryl methyl sites for hydroxylation is 2. The minimum atomic E-state index is -0.124. The van der Waals surface area contributed by atoms with E-state index in [9.17, 15) is 4.79 Å². The van der Waals surface area contributed by atoms with Crippen LogP contribution in [0.1, 0.15) is 32.1 Å². The zero-order valence-corrected chi connectivity index (χ0v) is 13.0. The van der Waals surface area contributed by atoms with E-state index >= 15 is 0 Å². The number of halogens is 1. The molecule has 0 radical (unpaired) electrons. The van der Waals surface area contributed by atoms with Crippen molar-refractivity contribution in [2.75, 3.05) is 6.54 Å². The van der Waals surface area contributed by atoms with Crippen molar-refractivity contribution in [3.05, 3.63) is 58.9 Å². The van der Waals surface area contributed by atoms with Gasteiger partial charge in [0.15, 0.2) is 0 Å². The van der Waals surface area contributed by atoms with Crippen molar-refractivity contribution in [3.63, 3.8) is 0 Å². The van der Waals surface area contributed by atoms with Gasteiger partial charge in [-0.3, -0.25) is 4.79 Å². The zero-order chi connectivity index (χ0) is 14.5. The Bertz CT molecular complexity index is 601. The highest BCUT2D eigenvalue weighted by Crippen LogP contribution is 2.21. The Hall–Kier alpha value is -1.75. The maximum absolute atomic E-state index is 12.2. The number of amides is 1. The van der Waals surface area contributed by atoms with Crippen molar-refractivity contribution in [3.8, 4) is 0 Å². The fourth-order valence-electron chi connectivity index (χ4n) is 1.84. The predicted molar refractivity (Wildman–Crippen MR) is 81.9 cm³/mol. The number of alkyl halides is 1. The molecular weight excluding hydrogens is 318 g/mol. The van der Waals surface area contributed by atoms with Crippen LogP contribution in [-0.4, -0.2) is 22.6 Å². The molecule has 1 heterocycles. The normalized spacial score (nSPS) is 11.9. The van der Waals surface area contributed by atoms with Crippen LogP contribution >= 0.6 is 15.9 Å². The standard InChI is InChI=1S/C15H16BrN3O/c1-10-8-13(11(2)19-18-10)15(20)17-9-14(16)12-6-4-3-5-7-12/h3-8,14H,9H2,1-2H3,(H,17,20). The molecule has 0 fully saturated rings. The number of nitrogens with one attached hydrogen (secondary N) is 1. The van der Waals surface area contributed by atoms with Crippen LogP contribution in [0.15, 0.2) is 36.4 Å². The SMILES string of the molecule is Cc1cc(C(=O)NCC(Br)c2ccccc2)c(C)nn1. The van der Waals surface area contributed by atoms with Gasteiger partial charge in [-0.25, -0.2) is 0 Å². The first-order valence-corrected chi connectivity index (χ1v) is 7.27. The van der Waals surface area contributed by atoms with Crippen molar-refractivity contribution in [1.29, 1.82) is 0 Å². The number of carbonyl (C=O) groups excluding carboxylic acids is 1. The Morgan fingerprint density at radius 1 is 1.25 bits per heavy atom. The average Bonchev–Trinajstić information content (AvgIpc) is 2.47. The number of rotatable bonds is 4. The smallest absolute Gasteiger partial charge is 0.253 e. The van der Waals surface area contributed by atoms with Crippen LogP contribution in [0.4, 0.5) is 0 Å². The highest BCUT2D eigenvalue weighted by Gasteiger charge is 2.13. The minimum absolute atomic E-state index is 0.0869. The number of nitrogens with zero attached hydrogens (tertiary/aromatic N) is 2. The van der Waals surface area contributed by atoms with Gasteiger partial charge in [-0.1, -0.05) is 46.3 Å². The summed E-state index contributed by atoms with van der Waals surface area (Å²) in [4.78, 5) is 12.2. The first-order chi connectivity index (χ1) is 9.58. The zero-order valence-electron chi connectivity index (χ0n) is 11.4. The van der Waals surface area contributed by atoms with E-state index in [1.54, 1.807) is 13.0 Å². The Balaban J connectivity index is 2.00. The van der Waals surface area contributed by atoms with E-state index in [1.165, 1.54) is 0 Å². The summed E-state index contributed by atoms with van der Waals surface area (Å²) in [6.45, 7) is 4.12. The van der Waals surface area contributed by atoms with Gasteiger partial charge >= 0.3 is 0 Å². The van der Waals surface area contributed by atoms with Crippen LogP contribution in [0.5, 0.6) is 0 Å². The number of carbonyl (C=O) groups is 1. The van der Waals surface area contributed by atoms with Gasteiger partial charge in [-0.2, -0.15) is 10.2 Å². The van der Waals surface area contributed by atoms with Gasteiger partial charge in [0.2, 0.25) is 0 Å². The molecule has 1 unspecified atom stereocenters. The van der Waals surface area contributed by atoms with Gasteiger partial charge in [0.25, 0.3) is 5.91 Å². The Labute approximate surface area is 126 Å². The molecule has 0 spiro atoms. The molecule has 0 aliphatic rings. The minimum Gasteiger partial charge on any atom is -0.351 e. The molecule has 104 valence electrons. The number of benzene rings is 1. The maximum Gasteiger partial charge on any atom is 0.253 e. The maximum atomic E-state index is 12.2. The van der Waals surface area contributed by atoms with Crippen molar-refractivity contribution >= 4 is 21.8 Å². The Morgan fingerprint density at radius 3 is 2.65 bits per heavy atom. The molecule has 20 heavy (non-hydrogen) atoms. The highest BCUT2D eigenvalue weighted by atomic mass is 79.9. The lowest BCUT2D eigenvalue weighted by Crippen LogP contribution is -2.27. The van der Waals surface area contributed by atoms with E-state index in [-0.39, 0.29) is 10.7 Å². The van der Waals surface area contributed by atoms with Crippen LogP contribution < -0.4 is 5.32 Å². The van der Waals surface area contributed by atoms with Crippen molar-refractivity contribution < 1.29 is 4.79 Å². The second kappa shape index (κ2) is 6.61. The first-order valence-electron chi connectivity index (χ1n) is 6.36. The van der Waals surface area contributed by atoms with Gasteiger partial charge in [0.1, 0.15) is 0 Å². The third-order valence-corrected chi connectivity index (χ3v) is 3.80. The number of hydrogen-bond donors (Lipinski definition) is 1. The molecule has 1 amide bonds. The molecular formula is C15H16BrN3O. The van der Waals surface area contributed by atoms with E-state index in [0.717, 1.165) is 11.3 Å². The molecule has 1 atom stereocenters. The molecule has 5 heteroatoms. The van der Waals surface area contributed by atoms with Crippen LogP contribution in [-0.2, 0) is 0 Å². The summed E-state index contributed by atoms with van der Waals surface area (Å²) in [6, 6.07) is 11.7. The summed E-state index contributed by atoms with van der Waals surface area (Å²) in [5, 5.41) is 10.8. The van der Waals surface area contributed by atoms with E-state index < -0.39 is 0 Å². The topological polar surface area (TPSA) is 54.9 Å².